The Balaban J connectivity index is 1.55. The number of hydrogen-bond donors (Lipinski definition) is 2. The Hall–Kier alpha value is -3.20. The van der Waals surface area contributed by atoms with Crippen molar-refractivity contribution in [1.82, 2.24) is 10.2 Å². The number of halogens is 2. The number of benzene rings is 2. The zero-order chi connectivity index (χ0) is 24.9. The van der Waals surface area contributed by atoms with Gasteiger partial charge in [0.15, 0.2) is 0 Å². The molecule has 0 spiro atoms. The lowest BCUT2D eigenvalue weighted by Gasteiger charge is -2.23. The highest BCUT2D eigenvalue weighted by Crippen LogP contribution is 2.27. The zero-order valence-corrected chi connectivity index (χ0v) is 19.5. The molecule has 0 unspecified atom stereocenters. The van der Waals surface area contributed by atoms with Crippen molar-refractivity contribution in [3.05, 3.63) is 59.7 Å². The quantitative estimate of drug-likeness (QED) is 0.477. The summed E-state index contributed by atoms with van der Waals surface area (Å²) in [4.78, 5) is 26.4. The van der Waals surface area contributed by atoms with Crippen LogP contribution in [0.5, 0.6) is 11.5 Å². The molecule has 0 radical (unpaired) electrons. The molecule has 2 aromatic carbocycles. The van der Waals surface area contributed by atoms with Gasteiger partial charge in [0.25, 0.3) is 5.91 Å². The second-order valence-corrected chi connectivity index (χ2v) is 8.86. The molecule has 34 heavy (non-hydrogen) atoms. The molecule has 3 rings (SSSR count). The number of rotatable bonds is 11. The van der Waals surface area contributed by atoms with Gasteiger partial charge in [0.05, 0.1) is 6.54 Å². The van der Waals surface area contributed by atoms with Crippen LogP contribution < -0.4 is 14.8 Å². The van der Waals surface area contributed by atoms with Crippen molar-refractivity contribution < 1.29 is 33.0 Å². The maximum Gasteiger partial charge on any atom is 0.387 e. The molecular weight excluding hydrogens is 446 g/mol. The predicted octanol–water partition coefficient (Wildman–Crippen LogP) is 4.09. The number of para-hydroxylation sites is 1. The summed E-state index contributed by atoms with van der Waals surface area (Å²) < 4.78 is 34.7. The minimum absolute atomic E-state index is 0.0496. The van der Waals surface area contributed by atoms with E-state index in [1.165, 1.54) is 12.1 Å². The second-order valence-electron chi connectivity index (χ2n) is 8.86. The van der Waals surface area contributed by atoms with Gasteiger partial charge in [-0.15, -0.1) is 0 Å². The van der Waals surface area contributed by atoms with E-state index in [1.807, 2.05) is 38.1 Å². The summed E-state index contributed by atoms with van der Waals surface area (Å²) in [5.74, 6) is 0.516. The molecule has 1 fully saturated rings. The molecule has 1 aliphatic rings. The summed E-state index contributed by atoms with van der Waals surface area (Å²) in [5, 5.41) is 13.1. The van der Waals surface area contributed by atoms with Gasteiger partial charge in [0.2, 0.25) is 0 Å². The molecule has 1 heterocycles. The third kappa shape index (κ3) is 6.22. The van der Waals surface area contributed by atoms with E-state index in [1.54, 1.807) is 19.1 Å². The Labute approximate surface area is 197 Å². The topological polar surface area (TPSA) is 88.1 Å². The predicted molar refractivity (Wildman–Crippen MR) is 122 cm³/mol. The standard InChI is InChI=1S/C25H30F2N2O5/c1-16(2)20-6-4-5-7-21(20)33-15-18(30)14-29-22(31)25(3,28-24(29)32)13-12-17-8-10-19(11-9-17)34-23(26)27/h4-11,16,18,23,30H,12-15H2,1-3H3,(H,28,32)/t18-,25-/m1/s1. The normalized spacial score (nSPS) is 19.0. The van der Waals surface area contributed by atoms with Crippen LogP contribution in [-0.2, 0) is 11.2 Å². The van der Waals surface area contributed by atoms with Crippen LogP contribution in [0.15, 0.2) is 48.5 Å². The van der Waals surface area contributed by atoms with Crippen molar-refractivity contribution in [2.24, 2.45) is 0 Å². The van der Waals surface area contributed by atoms with Crippen molar-refractivity contribution in [3.63, 3.8) is 0 Å². The maximum absolute atomic E-state index is 13.0. The van der Waals surface area contributed by atoms with Gasteiger partial charge in [-0.25, -0.2) is 4.79 Å². The molecule has 2 atom stereocenters. The van der Waals surface area contributed by atoms with Gasteiger partial charge >= 0.3 is 12.6 Å². The van der Waals surface area contributed by atoms with E-state index in [0.29, 0.717) is 18.6 Å². The Morgan fingerprint density at radius 2 is 1.76 bits per heavy atom. The van der Waals surface area contributed by atoms with Crippen LogP contribution in [-0.4, -0.2) is 53.4 Å². The molecular formula is C25H30F2N2O5. The first-order valence-electron chi connectivity index (χ1n) is 11.2. The van der Waals surface area contributed by atoms with Crippen molar-refractivity contribution in [1.29, 1.82) is 0 Å². The number of imide groups is 1. The molecule has 0 saturated carbocycles. The number of alkyl halides is 2. The van der Waals surface area contributed by atoms with Crippen LogP contribution in [0.1, 0.15) is 44.2 Å². The third-order valence-corrected chi connectivity index (χ3v) is 5.77. The van der Waals surface area contributed by atoms with Gasteiger partial charge in [-0.3, -0.25) is 9.69 Å². The van der Waals surface area contributed by atoms with Crippen LogP contribution in [0.3, 0.4) is 0 Å². The Morgan fingerprint density at radius 1 is 1.09 bits per heavy atom. The number of nitrogens with zero attached hydrogens (tertiary/aromatic N) is 1. The number of carbonyl (C=O) groups excluding carboxylic acids is 2. The first kappa shape index (κ1) is 25.4. The fourth-order valence-corrected chi connectivity index (χ4v) is 3.85. The van der Waals surface area contributed by atoms with Crippen LogP contribution in [0.4, 0.5) is 13.6 Å². The number of urea groups is 1. The molecule has 2 aromatic rings. The molecule has 7 nitrogen and oxygen atoms in total. The number of β-amino-alcohol motifs (C(OH)–C–C–N with tert-alkyl or cyclic N) is 1. The molecule has 0 aliphatic carbocycles. The Morgan fingerprint density at radius 3 is 2.41 bits per heavy atom. The summed E-state index contributed by atoms with van der Waals surface area (Å²) in [6.45, 7) is 2.56. The molecule has 184 valence electrons. The van der Waals surface area contributed by atoms with E-state index in [2.05, 4.69) is 10.1 Å². The average molecular weight is 477 g/mol. The first-order chi connectivity index (χ1) is 16.1. The summed E-state index contributed by atoms with van der Waals surface area (Å²) in [5.41, 5.74) is 0.673. The van der Waals surface area contributed by atoms with Gasteiger partial charge in [-0.05, 0) is 55.0 Å². The summed E-state index contributed by atoms with van der Waals surface area (Å²) >= 11 is 0. The van der Waals surface area contributed by atoms with Crippen LogP contribution in [0.2, 0.25) is 0 Å². The van der Waals surface area contributed by atoms with E-state index in [9.17, 15) is 23.5 Å². The molecule has 2 N–H and O–H groups in total. The number of nitrogens with one attached hydrogen (secondary N) is 1. The van der Waals surface area contributed by atoms with E-state index < -0.39 is 30.2 Å². The Bertz CT molecular complexity index is 999. The van der Waals surface area contributed by atoms with Crippen molar-refractivity contribution >= 4 is 11.9 Å². The SMILES string of the molecule is CC(C)c1ccccc1OC[C@H](O)CN1C(=O)N[C@](C)(CCc2ccc(OC(F)F)cc2)C1=O. The first-order valence-corrected chi connectivity index (χ1v) is 11.2. The monoisotopic (exact) mass is 476 g/mol. The molecule has 3 amide bonds. The lowest BCUT2D eigenvalue weighted by molar-refractivity contribution is -0.132. The molecule has 0 bridgehead atoms. The number of aliphatic hydroxyl groups is 1. The molecule has 1 aliphatic heterocycles. The number of aliphatic hydroxyl groups excluding tert-OH is 1. The molecule has 0 aromatic heterocycles. The number of amides is 3. The maximum atomic E-state index is 13.0. The van der Waals surface area contributed by atoms with Crippen molar-refractivity contribution in [3.8, 4) is 11.5 Å². The highest BCUT2D eigenvalue weighted by atomic mass is 19.3. The average Bonchev–Trinajstić information content (AvgIpc) is 3.00. The lowest BCUT2D eigenvalue weighted by atomic mass is 9.93. The van der Waals surface area contributed by atoms with Crippen molar-refractivity contribution in [2.45, 2.75) is 57.8 Å². The third-order valence-electron chi connectivity index (χ3n) is 5.77. The van der Waals surface area contributed by atoms with Gasteiger partial charge in [-0.2, -0.15) is 8.78 Å². The molecule has 1 saturated heterocycles. The van der Waals surface area contributed by atoms with E-state index in [-0.39, 0.29) is 24.8 Å². The summed E-state index contributed by atoms with van der Waals surface area (Å²) in [7, 11) is 0. The van der Waals surface area contributed by atoms with E-state index in [0.717, 1.165) is 16.0 Å². The van der Waals surface area contributed by atoms with Gasteiger partial charge in [0.1, 0.15) is 29.7 Å². The van der Waals surface area contributed by atoms with E-state index in [4.69, 9.17) is 4.74 Å². The van der Waals surface area contributed by atoms with Crippen molar-refractivity contribution in [2.75, 3.05) is 13.2 Å². The minimum Gasteiger partial charge on any atom is -0.491 e. The van der Waals surface area contributed by atoms with Crippen LogP contribution >= 0.6 is 0 Å². The highest BCUT2D eigenvalue weighted by Gasteiger charge is 2.47. The fourth-order valence-electron chi connectivity index (χ4n) is 3.85. The van der Waals surface area contributed by atoms with Gasteiger partial charge < -0.3 is 19.9 Å². The zero-order valence-electron chi connectivity index (χ0n) is 19.5. The van der Waals surface area contributed by atoms with Gasteiger partial charge in [-0.1, -0.05) is 44.2 Å². The summed E-state index contributed by atoms with van der Waals surface area (Å²) in [6.07, 6.45) is -0.319. The number of ether oxygens (including phenoxy) is 2. The number of aryl methyl sites for hydroxylation is 1. The fraction of sp³-hybridized carbons (Fsp3) is 0.440. The smallest absolute Gasteiger partial charge is 0.387 e. The lowest BCUT2D eigenvalue weighted by Crippen LogP contribution is -2.45. The number of carbonyl (C=O) groups is 2. The molecule has 9 heteroatoms. The van der Waals surface area contributed by atoms with Crippen LogP contribution in [0, 0.1) is 0 Å². The van der Waals surface area contributed by atoms with Gasteiger partial charge in [0, 0.05) is 0 Å². The largest absolute Gasteiger partial charge is 0.491 e. The van der Waals surface area contributed by atoms with Crippen LogP contribution in [0.25, 0.3) is 0 Å². The Kier molecular flexibility index (Phi) is 8.09. The second kappa shape index (κ2) is 10.8. The highest BCUT2D eigenvalue weighted by molar-refractivity contribution is 6.06. The minimum atomic E-state index is -2.90. The summed E-state index contributed by atoms with van der Waals surface area (Å²) in [6, 6.07) is 13.1. The van der Waals surface area contributed by atoms with E-state index >= 15 is 0 Å². The number of hydrogen-bond acceptors (Lipinski definition) is 5.